The molecule has 2 aromatic rings. The average Bonchev–Trinajstić information content (AvgIpc) is 2.48. The van der Waals surface area contributed by atoms with Gasteiger partial charge in [-0.15, -0.1) is 0 Å². The van der Waals surface area contributed by atoms with Crippen LogP contribution in [0.5, 0.6) is 0 Å². The lowest BCUT2D eigenvalue weighted by molar-refractivity contribution is 0.0600. The van der Waals surface area contributed by atoms with Gasteiger partial charge in [-0.2, -0.15) is 0 Å². The molecule has 0 bridgehead atoms. The molecule has 6 nitrogen and oxygen atoms in total. The quantitative estimate of drug-likeness (QED) is 0.850. The standard InChI is InChI=1S/C14H11ClN2O4/c1-21-14(20)10-7-9(2-3-11(10)15)17-13(19)8-4-5-16-12(18)6-8/h2-7H,1H3,(H,16,18)(H,17,19). The van der Waals surface area contributed by atoms with Crippen LogP contribution in [0.1, 0.15) is 20.7 Å². The lowest BCUT2D eigenvalue weighted by atomic mass is 10.2. The lowest BCUT2D eigenvalue weighted by Gasteiger charge is -2.08. The summed E-state index contributed by atoms with van der Waals surface area (Å²) in [6.45, 7) is 0. The monoisotopic (exact) mass is 306 g/mol. The molecule has 1 amide bonds. The normalized spacial score (nSPS) is 10.0. The smallest absolute Gasteiger partial charge is 0.339 e. The molecular weight excluding hydrogens is 296 g/mol. The van der Waals surface area contributed by atoms with Crippen molar-refractivity contribution >= 4 is 29.2 Å². The highest BCUT2D eigenvalue weighted by atomic mass is 35.5. The van der Waals surface area contributed by atoms with Gasteiger partial charge in [0.05, 0.1) is 17.7 Å². The number of halogens is 1. The molecule has 0 unspecified atom stereocenters. The number of hydrogen-bond acceptors (Lipinski definition) is 4. The van der Waals surface area contributed by atoms with E-state index in [-0.39, 0.29) is 21.7 Å². The van der Waals surface area contributed by atoms with E-state index in [1.165, 1.54) is 37.6 Å². The van der Waals surface area contributed by atoms with Crippen LogP contribution in [-0.4, -0.2) is 24.0 Å². The van der Waals surface area contributed by atoms with Gasteiger partial charge in [0.1, 0.15) is 0 Å². The summed E-state index contributed by atoms with van der Waals surface area (Å²) in [7, 11) is 1.24. The summed E-state index contributed by atoms with van der Waals surface area (Å²) in [5.74, 6) is -1.08. The topological polar surface area (TPSA) is 88.3 Å². The van der Waals surface area contributed by atoms with Crippen molar-refractivity contribution in [2.24, 2.45) is 0 Å². The first-order chi connectivity index (χ1) is 10.0. The minimum Gasteiger partial charge on any atom is -0.465 e. The second-order valence-corrected chi connectivity index (χ2v) is 4.49. The Kier molecular flexibility index (Phi) is 4.39. The molecule has 21 heavy (non-hydrogen) atoms. The van der Waals surface area contributed by atoms with E-state index in [1.807, 2.05) is 0 Å². The first kappa shape index (κ1) is 14.8. The molecule has 1 aromatic heterocycles. The summed E-state index contributed by atoms with van der Waals surface area (Å²) in [6.07, 6.45) is 1.37. The van der Waals surface area contributed by atoms with Crippen molar-refractivity contribution in [1.82, 2.24) is 4.98 Å². The predicted octanol–water partition coefficient (Wildman–Crippen LogP) is 2.07. The number of anilines is 1. The van der Waals surface area contributed by atoms with Crippen LogP contribution in [0.3, 0.4) is 0 Å². The molecule has 0 aliphatic rings. The van der Waals surface area contributed by atoms with Crippen LogP contribution in [0.4, 0.5) is 5.69 Å². The van der Waals surface area contributed by atoms with Gasteiger partial charge in [-0.3, -0.25) is 9.59 Å². The number of esters is 1. The van der Waals surface area contributed by atoms with E-state index in [1.54, 1.807) is 6.07 Å². The fraction of sp³-hybridized carbons (Fsp3) is 0.0714. The molecule has 2 N–H and O–H groups in total. The summed E-state index contributed by atoms with van der Waals surface area (Å²) < 4.78 is 4.60. The van der Waals surface area contributed by atoms with Gasteiger partial charge in [-0.1, -0.05) is 11.6 Å². The number of H-pyrrole nitrogens is 1. The largest absolute Gasteiger partial charge is 0.465 e. The van der Waals surface area contributed by atoms with Gasteiger partial charge in [0.15, 0.2) is 0 Å². The van der Waals surface area contributed by atoms with Gasteiger partial charge >= 0.3 is 5.97 Å². The molecule has 0 atom stereocenters. The molecule has 0 aliphatic carbocycles. The van der Waals surface area contributed by atoms with Crippen molar-refractivity contribution < 1.29 is 14.3 Å². The number of amides is 1. The van der Waals surface area contributed by atoms with Crippen molar-refractivity contribution in [3.63, 3.8) is 0 Å². The Morgan fingerprint density at radius 2 is 2.00 bits per heavy atom. The van der Waals surface area contributed by atoms with Crippen LogP contribution < -0.4 is 10.9 Å². The predicted molar refractivity (Wildman–Crippen MR) is 77.8 cm³/mol. The second-order valence-electron chi connectivity index (χ2n) is 4.08. The number of aromatic amines is 1. The fourth-order valence-corrected chi connectivity index (χ4v) is 1.85. The molecule has 0 spiro atoms. The molecule has 2 rings (SSSR count). The van der Waals surface area contributed by atoms with E-state index < -0.39 is 11.9 Å². The molecule has 0 saturated heterocycles. The molecule has 1 heterocycles. The Bertz CT molecular complexity index is 755. The summed E-state index contributed by atoms with van der Waals surface area (Å²) in [5, 5.41) is 2.79. The number of methoxy groups -OCH3 is 1. The number of benzene rings is 1. The second kappa shape index (κ2) is 6.23. The zero-order valence-corrected chi connectivity index (χ0v) is 11.7. The van der Waals surface area contributed by atoms with Gasteiger partial charge in [0, 0.05) is 23.5 Å². The zero-order valence-electron chi connectivity index (χ0n) is 11.0. The Hall–Kier alpha value is -2.60. The third kappa shape index (κ3) is 3.49. The van der Waals surface area contributed by atoms with Crippen LogP contribution in [-0.2, 0) is 4.74 Å². The maximum absolute atomic E-state index is 12.0. The van der Waals surface area contributed by atoms with Crippen molar-refractivity contribution in [2.75, 3.05) is 12.4 Å². The van der Waals surface area contributed by atoms with E-state index in [9.17, 15) is 14.4 Å². The van der Waals surface area contributed by atoms with Crippen LogP contribution in [0.25, 0.3) is 0 Å². The van der Waals surface area contributed by atoms with E-state index in [2.05, 4.69) is 15.0 Å². The van der Waals surface area contributed by atoms with E-state index >= 15 is 0 Å². The van der Waals surface area contributed by atoms with Crippen LogP contribution in [0, 0.1) is 0 Å². The van der Waals surface area contributed by atoms with Gasteiger partial charge in [-0.25, -0.2) is 4.79 Å². The van der Waals surface area contributed by atoms with Crippen molar-refractivity contribution in [3.05, 3.63) is 63.0 Å². The number of carbonyl (C=O) groups is 2. The van der Waals surface area contributed by atoms with Crippen LogP contribution in [0.15, 0.2) is 41.3 Å². The van der Waals surface area contributed by atoms with Gasteiger partial charge < -0.3 is 15.0 Å². The summed E-state index contributed by atoms with van der Waals surface area (Å²) in [4.78, 5) is 37.1. The number of hydrogen-bond donors (Lipinski definition) is 2. The SMILES string of the molecule is COC(=O)c1cc(NC(=O)c2cc[nH]c(=O)c2)ccc1Cl. The molecule has 108 valence electrons. The Morgan fingerprint density at radius 3 is 2.67 bits per heavy atom. The number of nitrogens with one attached hydrogen (secondary N) is 2. The van der Waals surface area contributed by atoms with E-state index in [0.29, 0.717) is 5.69 Å². The first-order valence-electron chi connectivity index (χ1n) is 5.89. The minimum atomic E-state index is -0.604. The molecule has 0 saturated carbocycles. The number of carbonyl (C=O) groups excluding carboxylic acids is 2. The lowest BCUT2D eigenvalue weighted by Crippen LogP contribution is -2.16. The number of rotatable bonds is 3. The highest BCUT2D eigenvalue weighted by Gasteiger charge is 2.13. The molecular formula is C14H11ClN2O4. The zero-order chi connectivity index (χ0) is 15.4. The molecule has 7 heteroatoms. The fourth-order valence-electron chi connectivity index (χ4n) is 1.66. The number of ether oxygens (including phenoxy) is 1. The van der Waals surface area contributed by atoms with Crippen molar-refractivity contribution in [3.8, 4) is 0 Å². The van der Waals surface area contributed by atoms with Gasteiger partial charge in [0.25, 0.3) is 5.91 Å². The van der Waals surface area contributed by atoms with Gasteiger partial charge in [0.2, 0.25) is 5.56 Å². The highest BCUT2D eigenvalue weighted by molar-refractivity contribution is 6.33. The molecule has 0 radical (unpaired) electrons. The van der Waals surface area contributed by atoms with Gasteiger partial charge in [-0.05, 0) is 24.3 Å². The van der Waals surface area contributed by atoms with Crippen LogP contribution >= 0.6 is 11.6 Å². The third-order valence-electron chi connectivity index (χ3n) is 2.67. The maximum Gasteiger partial charge on any atom is 0.339 e. The Labute approximate surface area is 124 Å². The summed E-state index contributed by atoms with van der Waals surface area (Å²) >= 11 is 5.89. The maximum atomic E-state index is 12.0. The summed E-state index contributed by atoms with van der Waals surface area (Å²) in [6, 6.07) is 7.06. The van der Waals surface area contributed by atoms with Crippen LogP contribution in [0.2, 0.25) is 5.02 Å². The first-order valence-corrected chi connectivity index (χ1v) is 6.27. The van der Waals surface area contributed by atoms with E-state index in [0.717, 1.165) is 0 Å². The van der Waals surface area contributed by atoms with Crippen molar-refractivity contribution in [2.45, 2.75) is 0 Å². The Balaban J connectivity index is 2.26. The Morgan fingerprint density at radius 1 is 1.24 bits per heavy atom. The summed E-state index contributed by atoms with van der Waals surface area (Å²) in [5.41, 5.74) is 0.329. The molecule has 0 fully saturated rings. The highest BCUT2D eigenvalue weighted by Crippen LogP contribution is 2.21. The van der Waals surface area contributed by atoms with Crippen molar-refractivity contribution in [1.29, 1.82) is 0 Å². The third-order valence-corrected chi connectivity index (χ3v) is 3.00. The average molecular weight is 307 g/mol. The molecule has 1 aromatic carbocycles. The molecule has 0 aliphatic heterocycles. The van der Waals surface area contributed by atoms with E-state index in [4.69, 9.17) is 11.6 Å². The minimum absolute atomic E-state index is 0.142. The number of pyridine rings is 1. The number of aromatic nitrogens is 1.